The van der Waals surface area contributed by atoms with Gasteiger partial charge in [-0.15, -0.1) is 0 Å². The molecule has 3 heteroatoms. The van der Waals surface area contributed by atoms with Crippen molar-refractivity contribution < 1.29 is 0 Å². The summed E-state index contributed by atoms with van der Waals surface area (Å²) in [4.78, 5) is 9.90. The Balaban J connectivity index is 1.68. The first kappa shape index (κ1) is 21.3. The predicted octanol–water partition coefficient (Wildman–Crippen LogP) is 7.54. The first-order chi connectivity index (χ1) is 15.8. The summed E-state index contributed by atoms with van der Waals surface area (Å²) in [6, 6.07) is 18.5. The van der Waals surface area contributed by atoms with Crippen molar-refractivity contribution in [3.05, 3.63) is 71.6 Å². The van der Waals surface area contributed by atoms with E-state index in [0.717, 1.165) is 25.9 Å². The van der Waals surface area contributed by atoms with Crippen molar-refractivity contribution in [3.63, 3.8) is 0 Å². The number of amidine groups is 1. The third-order valence-corrected chi connectivity index (χ3v) is 7.58. The van der Waals surface area contributed by atoms with Gasteiger partial charge in [-0.25, -0.2) is 0 Å². The molecule has 0 spiro atoms. The summed E-state index contributed by atoms with van der Waals surface area (Å²) < 4.78 is 0. The van der Waals surface area contributed by atoms with Crippen LogP contribution in [0.5, 0.6) is 0 Å². The molecular weight excluding hydrogens is 390 g/mol. The van der Waals surface area contributed by atoms with Crippen LogP contribution in [-0.4, -0.2) is 23.8 Å². The standard InChI is InChI=1S/C29H37N3/c1-3-5-19-29(20-6-4-2)23-13-7-9-15-25(23)32(26-16-10-8-14-24(26)29)28-18-12-22-31(28)27-17-11-21-30-27/h7-10,13-16,18H,3-6,11-12,17,19-22H2,1-2H3. The summed E-state index contributed by atoms with van der Waals surface area (Å²) in [5.41, 5.74) is 5.87. The number of aliphatic imine (C=N–C) groups is 1. The van der Waals surface area contributed by atoms with Crippen molar-refractivity contribution in [2.45, 2.75) is 77.0 Å². The van der Waals surface area contributed by atoms with Crippen molar-refractivity contribution in [2.75, 3.05) is 18.0 Å². The van der Waals surface area contributed by atoms with E-state index in [-0.39, 0.29) is 5.41 Å². The van der Waals surface area contributed by atoms with E-state index < -0.39 is 0 Å². The second-order valence-electron chi connectivity index (χ2n) is 9.56. The Morgan fingerprint density at radius 3 is 2.06 bits per heavy atom. The third-order valence-electron chi connectivity index (χ3n) is 7.58. The third kappa shape index (κ3) is 3.46. The molecule has 0 unspecified atom stereocenters. The highest BCUT2D eigenvalue weighted by atomic mass is 15.4. The lowest BCUT2D eigenvalue weighted by molar-refractivity contribution is 0.401. The summed E-state index contributed by atoms with van der Waals surface area (Å²) in [6.45, 7) is 6.67. The molecule has 3 aliphatic heterocycles. The molecule has 2 aromatic carbocycles. The van der Waals surface area contributed by atoms with Gasteiger partial charge < -0.3 is 4.90 Å². The average molecular weight is 428 g/mol. The number of fused-ring (bicyclic) bond motifs is 2. The summed E-state index contributed by atoms with van der Waals surface area (Å²) in [5, 5.41) is 0. The molecule has 0 N–H and O–H groups in total. The minimum atomic E-state index is 0.102. The lowest BCUT2D eigenvalue weighted by Crippen LogP contribution is -2.41. The van der Waals surface area contributed by atoms with Crippen LogP contribution in [0, 0.1) is 0 Å². The molecule has 2 aromatic rings. The Labute approximate surface area is 193 Å². The van der Waals surface area contributed by atoms with Crippen LogP contribution in [0.3, 0.4) is 0 Å². The predicted molar refractivity (Wildman–Crippen MR) is 136 cm³/mol. The van der Waals surface area contributed by atoms with Gasteiger partial charge in [0.15, 0.2) is 0 Å². The fourth-order valence-corrected chi connectivity index (χ4v) is 6.05. The van der Waals surface area contributed by atoms with Gasteiger partial charge in [-0.05, 0) is 55.0 Å². The van der Waals surface area contributed by atoms with Gasteiger partial charge in [0, 0.05) is 24.9 Å². The molecule has 0 fully saturated rings. The van der Waals surface area contributed by atoms with Gasteiger partial charge >= 0.3 is 0 Å². The quantitative estimate of drug-likeness (QED) is 0.454. The number of unbranched alkanes of at least 4 members (excludes halogenated alkanes) is 2. The Hall–Kier alpha value is -2.55. The van der Waals surface area contributed by atoms with Gasteiger partial charge in [0.1, 0.15) is 11.7 Å². The van der Waals surface area contributed by atoms with Crippen LogP contribution in [0.4, 0.5) is 11.4 Å². The van der Waals surface area contributed by atoms with Crippen molar-refractivity contribution in [1.29, 1.82) is 0 Å². The van der Waals surface area contributed by atoms with Gasteiger partial charge in [-0.2, -0.15) is 0 Å². The van der Waals surface area contributed by atoms with E-state index in [1.165, 1.54) is 79.1 Å². The molecule has 0 aromatic heterocycles. The highest BCUT2D eigenvalue weighted by Crippen LogP contribution is 2.55. The summed E-state index contributed by atoms with van der Waals surface area (Å²) in [7, 11) is 0. The zero-order chi connectivity index (χ0) is 22.0. The van der Waals surface area contributed by atoms with E-state index in [1.54, 1.807) is 0 Å². The minimum absolute atomic E-state index is 0.102. The van der Waals surface area contributed by atoms with E-state index in [4.69, 9.17) is 4.99 Å². The lowest BCUT2D eigenvalue weighted by atomic mass is 9.65. The number of rotatable bonds is 7. The molecule has 0 aliphatic carbocycles. The number of hydrogen-bond donors (Lipinski definition) is 0. The van der Waals surface area contributed by atoms with Gasteiger partial charge in [-0.1, -0.05) is 75.9 Å². The van der Waals surface area contributed by atoms with Crippen molar-refractivity contribution in [2.24, 2.45) is 4.99 Å². The maximum atomic E-state index is 4.86. The van der Waals surface area contributed by atoms with E-state index >= 15 is 0 Å². The number of nitrogens with zero attached hydrogens (tertiary/aromatic N) is 3. The minimum Gasteiger partial charge on any atom is -0.316 e. The SMILES string of the molecule is CCCCC1(CCCC)c2ccccc2N(C2=CCCN2C2=NCCC2)c2ccccc21. The Kier molecular flexibility index (Phi) is 6.08. The van der Waals surface area contributed by atoms with Crippen LogP contribution < -0.4 is 4.90 Å². The molecule has 32 heavy (non-hydrogen) atoms. The largest absolute Gasteiger partial charge is 0.316 e. The zero-order valence-electron chi connectivity index (χ0n) is 19.8. The Morgan fingerprint density at radius 1 is 0.875 bits per heavy atom. The maximum absolute atomic E-state index is 4.86. The van der Waals surface area contributed by atoms with Crippen LogP contribution in [0.25, 0.3) is 0 Å². The lowest BCUT2D eigenvalue weighted by Gasteiger charge is -2.47. The van der Waals surface area contributed by atoms with Crippen LogP contribution in [0.15, 0.2) is 65.4 Å². The van der Waals surface area contributed by atoms with Crippen LogP contribution in [0.1, 0.15) is 82.8 Å². The monoisotopic (exact) mass is 427 g/mol. The van der Waals surface area contributed by atoms with Crippen molar-refractivity contribution >= 4 is 17.2 Å². The number of para-hydroxylation sites is 2. The zero-order valence-corrected chi connectivity index (χ0v) is 19.8. The molecule has 0 saturated carbocycles. The highest BCUT2D eigenvalue weighted by molar-refractivity contribution is 5.89. The molecule has 0 amide bonds. The molecule has 3 aliphatic rings. The summed E-state index contributed by atoms with van der Waals surface area (Å²) in [5.74, 6) is 2.59. The van der Waals surface area contributed by atoms with Gasteiger partial charge in [0.25, 0.3) is 0 Å². The number of benzene rings is 2. The smallest absolute Gasteiger partial charge is 0.114 e. The fraction of sp³-hybridized carbons (Fsp3) is 0.483. The Bertz CT molecular complexity index is 961. The molecule has 0 saturated heterocycles. The maximum Gasteiger partial charge on any atom is 0.114 e. The Morgan fingerprint density at radius 2 is 1.50 bits per heavy atom. The average Bonchev–Trinajstić information content (AvgIpc) is 3.53. The van der Waals surface area contributed by atoms with Crippen LogP contribution >= 0.6 is 0 Å². The van der Waals surface area contributed by atoms with Crippen LogP contribution in [0.2, 0.25) is 0 Å². The number of anilines is 2. The topological polar surface area (TPSA) is 18.8 Å². The van der Waals surface area contributed by atoms with Crippen LogP contribution in [-0.2, 0) is 5.41 Å². The highest BCUT2D eigenvalue weighted by Gasteiger charge is 2.44. The molecule has 3 nitrogen and oxygen atoms in total. The molecule has 0 atom stereocenters. The first-order valence-electron chi connectivity index (χ1n) is 12.8. The van der Waals surface area contributed by atoms with E-state index in [2.05, 4.69) is 78.3 Å². The van der Waals surface area contributed by atoms with Crippen molar-refractivity contribution in [3.8, 4) is 0 Å². The molecule has 0 bridgehead atoms. The van der Waals surface area contributed by atoms with Crippen molar-refractivity contribution in [1.82, 2.24) is 4.90 Å². The van der Waals surface area contributed by atoms with Gasteiger partial charge in [0.2, 0.25) is 0 Å². The normalized spacial score (nSPS) is 18.9. The molecule has 168 valence electrons. The number of hydrogen-bond acceptors (Lipinski definition) is 3. The van der Waals surface area contributed by atoms with E-state index in [9.17, 15) is 0 Å². The molecular formula is C29H37N3. The summed E-state index contributed by atoms with van der Waals surface area (Å²) in [6.07, 6.45) is 13.2. The second kappa shape index (κ2) is 9.13. The summed E-state index contributed by atoms with van der Waals surface area (Å²) >= 11 is 0. The molecule has 5 rings (SSSR count). The van der Waals surface area contributed by atoms with Gasteiger partial charge in [0.05, 0.1) is 11.4 Å². The van der Waals surface area contributed by atoms with Gasteiger partial charge in [-0.3, -0.25) is 9.89 Å². The second-order valence-corrected chi connectivity index (χ2v) is 9.56. The van der Waals surface area contributed by atoms with E-state index in [0.29, 0.717) is 0 Å². The first-order valence-corrected chi connectivity index (χ1v) is 12.8. The molecule has 3 heterocycles. The fourth-order valence-electron chi connectivity index (χ4n) is 6.05. The molecule has 0 radical (unpaired) electrons. The van der Waals surface area contributed by atoms with E-state index in [1.807, 2.05) is 0 Å².